The molecule has 7 nitrogen and oxygen atoms in total. The third-order valence-corrected chi connectivity index (χ3v) is 6.15. The third kappa shape index (κ3) is 4.68. The number of ether oxygens (including phenoxy) is 1. The van der Waals surface area contributed by atoms with Gasteiger partial charge in [-0.25, -0.2) is 4.98 Å². The molecular formula is C31H23N5O2. The highest BCUT2D eigenvalue weighted by atomic mass is 16.5. The molecule has 38 heavy (non-hydrogen) atoms. The maximum absolute atomic E-state index is 12.5. The van der Waals surface area contributed by atoms with Crippen molar-refractivity contribution in [2.75, 3.05) is 11.1 Å². The summed E-state index contributed by atoms with van der Waals surface area (Å²) in [4.78, 5) is 17.4. The van der Waals surface area contributed by atoms with E-state index in [1.807, 2.05) is 103 Å². The lowest BCUT2D eigenvalue weighted by Gasteiger charge is -2.10. The summed E-state index contributed by atoms with van der Waals surface area (Å²) in [7, 11) is 0. The quantitative estimate of drug-likeness (QED) is 0.232. The number of hydrogen-bond acceptors (Lipinski definition) is 5. The fourth-order valence-electron chi connectivity index (χ4n) is 4.25. The summed E-state index contributed by atoms with van der Waals surface area (Å²) >= 11 is 0. The number of benzene rings is 4. The Labute approximate surface area is 218 Å². The predicted octanol–water partition coefficient (Wildman–Crippen LogP) is 6.92. The van der Waals surface area contributed by atoms with E-state index in [1.54, 1.807) is 12.1 Å². The standard InChI is InChI=1S/C31H23N5O2/c32-30-28-27(35-36-30)19-26(20-11-15-23(16-12-20)33-31(37)22-7-3-1-4-8-22)34-29(28)21-13-17-25(18-14-21)38-24-9-5-2-6-10-24/h1-19H,(H,33,37)(H3,32,35,36). The van der Waals surface area contributed by atoms with Crippen LogP contribution in [0.1, 0.15) is 10.4 Å². The average Bonchev–Trinajstić information content (AvgIpc) is 3.35. The Kier molecular flexibility index (Phi) is 6.00. The van der Waals surface area contributed by atoms with E-state index in [9.17, 15) is 4.79 Å². The summed E-state index contributed by atoms with van der Waals surface area (Å²) in [5, 5.41) is 10.9. The number of anilines is 2. The highest BCUT2D eigenvalue weighted by molar-refractivity contribution is 6.04. The Bertz CT molecular complexity index is 1710. The molecule has 0 aliphatic rings. The molecule has 0 bridgehead atoms. The third-order valence-electron chi connectivity index (χ3n) is 6.15. The van der Waals surface area contributed by atoms with Crippen molar-refractivity contribution in [2.24, 2.45) is 0 Å². The number of nitrogen functional groups attached to an aromatic ring is 1. The van der Waals surface area contributed by atoms with Gasteiger partial charge in [0, 0.05) is 22.4 Å². The van der Waals surface area contributed by atoms with Crippen molar-refractivity contribution >= 4 is 28.3 Å². The monoisotopic (exact) mass is 497 g/mol. The van der Waals surface area contributed by atoms with Crippen LogP contribution in [0.3, 0.4) is 0 Å². The number of amides is 1. The van der Waals surface area contributed by atoms with Gasteiger partial charge in [0.05, 0.1) is 22.3 Å². The lowest BCUT2D eigenvalue weighted by atomic mass is 10.0. The Morgan fingerprint density at radius 2 is 1.39 bits per heavy atom. The number of rotatable bonds is 6. The second kappa shape index (κ2) is 9.91. The number of nitrogens with one attached hydrogen (secondary N) is 2. The van der Waals surface area contributed by atoms with Crippen molar-refractivity contribution in [2.45, 2.75) is 0 Å². The minimum Gasteiger partial charge on any atom is -0.457 e. The molecule has 2 heterocycles. The minimum atomic E-state index is -0.159. The Morgan fingerprint density at radius 3 is 2.11 bits per heavy atom. The molecule has 1 amide bonds. The molecule has 0 aliphatic heterocycles. The molecule has 6 aromatic rings. The van der Waals surface area contributed by atoms with E-state index in [4.69, 9.17) is 15.5 Å². The van der Waals surface area contributed by atoms with Gasteiger partial charge in [0.25, 0.3) is 5.91 Å². The molecule has 0 spiro atoms. The van der Waals surface area contributed by atoms with E-state index >= 15 is 0 Å². The fraction of sp³-hybridized carbons (Fsp3) is 0. The molecule has 4 aromatic carbocycles. The summed E-state index contributed by atoms with van der Waals surface area (Å²) in [6.45, 7) is 0. The molecular weight excluding hydrogens is 474 g/mol. The molecule has 0 fully saturated rings. The van der Waals surface area contributed by atoms with Crippen molar-refractivity contribution in [1.29, 1.82) is 0 Å². The Balaban J connectivity index is 1.30. The second-order valence-electron chi connectivity index (χ2n) is 8.72. The van der Waals surface area contributed by atoms with Gasteiger partial charge < -0.3 is 15.8 Å². The summed E-state index contributed by atoms with van der Waals surface area (Å²) in [5.41, 5.74) is 11.5. The number of carbonyl (C=O) groups is 1. The van der Waals surface area contributed by atoms with Crippen LogP contribution in [0.5, 0.6) is 11.5 Å². The first-order chi connectivity index (χ1) is 18.6. The van der Waals surface area contributed by atoms with Crippen molar-refractivity contribution in [1.82, 2.24) is 15.2 Å². The van der Waals surface area contributed by atoms with Crippen LogP contribution in [0.15, 0.2) is 115 Å². The van der Waals surface area contributed by atoms with E-state index in [-0.39, 0.29) is 5.91 Å². The van der Waals surface area contributed by atoms with Crippen molar-refractivity contribution < 1.29 is 9.53 Å². The lowest BCUT2D eigenvalue weighted by Crippen LogP contribution is -2.11. The van der Waals surface area contributed by atoms with Crippen molar-refractivity contribution in [3.63, 3.8) is 0 Å². The molecule has 6 rings (SSSR count). The first-order valence-electron chi connectivity index (χ1n) is 12.1. The smallest absolute Gasteiger partial charge is 0.255 e. The number of aromatic nitrogens is 3. The van der Waals surface area contributed by atoms with Gasteiger partial charge in [-0.15, -0.1) is 0 Å². The van der Waals surface area contributed by atoms with Crippen molar-refractivity contribution in [3.05, 3.63) is 121 Å². The number of hydrogen-bond donors (Lipinski definition) is 3. The van der Waals surface area contributed by atoms with Crippen LogP contribution in [0.4, 0.5) is 11.5 Å². The van der Waals surface area contributed by atoms with Crippen molar-refractivity contribution in [3.8, 4) is 34.0 Å². The molecule has 0 radical (unpaired) electrons. The van der Waals surface area contributed by atoms with Crippen LogP contribution in [0, 0.1) is 0 Å². The van der Waals surface area contributed by atoms with Gasteiger partial charge in [-0.1, -0.05) is 48.5 Å². The molecule has 4 N–H and O–H groups in total. The largest absolute Gasteiger partial charge is 0.457 e. The SMILES string of the molecule is Nc1n[nH]c2cc(-c3ccc(NC(=O)c4ccccc4)cc3)nc(-c3ccc(Oc4ccccc4)cc3)c12. The lowest BCUT2D eigenvalue weighted by molar-refractivity contribution is 0.102. The van der Waals surface area contributed by atoms with Gasteiger partial charge in [0.15, 0.2) is 5.82 Å². The van der Waals surface area contributed by atoms with Gasteiger partial charge >= 0.3 is 0 Å². The predicted molar refractivity (Wildman–Crippen MR) is 150 cm³/mol. The highest BCUT2D eigenvalue weighted by Crippen LogP contribution is 2.34. The number of aromatic amines is 1. The van der Waals surface area contributed by atoms with Gasteiger partial charge in [0.2, 0.25) is 0 Å². The van der Waals surface area contributed by atoms with Gasteiger partial charge in [-0.2, -0.15) is 5.10 Å². The van der Waals surface area contributed by atoms with Crippen LogP contribution in [0.25, 0.3) is 33.4 Å². The zero-order chi connectivity index (χ0) is 25.9. The van der Waals surface area contributed by atoms with Crippen LogP contribution >= 0.6 is 0 Å². The Morgan fingerprint density at radius 1 is 0.763 bits per heavy atom. The summed E-state index contributed by atoms with van der Waals surface area (Å²) in [6.07, 6.45) is 0. The number of carbonyl (C=O) groups excluding carboxylic acids is 1. The molecule has 2 aromatic heterocycles. The maximum atomic E-state index is 12.5. The molecule has 0 saturated carbocycles. The van der Waals surface area contributed by atoms with Crippen LogP contribution < -0.4 is 15.8 Å². The molecule has 0 aliphatic carbocycles. The maximum Gasteiger partial charge on any atom is 0.255 e. The van der Waals surface area contributed by atoms with E-state index in [2.05, 4.69) is 15.5 Å². The number of nitrogens with zero attached hydrogens (tertiary/aromatic N) is 2. The van der Waals surface area contributed by atoms with Gasteiger partial charge in [-0.3, -0.25) is 9.89 Å². The first kappa shape index (κ1) is 23.0. The minimum absolute atomic E-state index is 0.159. The number of para-hydroxylation sites is 1. The summed E-state index contributed by atoms with van der Waals surface area (Å²) < 4.78 is 5.93. The topological polar surface area (TPSA) is 106 Å². The van der Waals surface area contributed by atoms with Crippen LogP contribution in [-0.2, 0) is 0 Å². The van der Waals surface area contributed by atoms with Gasteiger partial charge in [-0.05, 0) is 66.7 Å². The average molecular weight is 498 g/mol. The first-order valence-corrected chi connectivity index (χ1v) is 12.1. The molecule has 0 saturated heterocycles. The number of pyridine rings is 1. The number of nitrogens with two attached hydrogens (primary N) is 1. The zero-order valence-corrected chi connectivity index (χ0v) is 20.3. The normalized spacial score (nSPS) is 10.8. The van der Waals surface area contributed by atoms with Crippen LogP contribution in [-0.4, -0.2) is 21.1 Å². The second-order valence-corrected chi connectivity index (χ2v) is 8.72. The van der Waals surface area contributed by atoms with E-state index in [0.29, 0.717) is 17.1 Å². The molecule has 7 heteroatoms. The summed E-state index contributed by atoms with van der Waals surface area (Å²) in [6, 6.07) is 36.0. The van der Waals surface area contributed by atoms with E-state index in [1.165, 1.54) is 0 Å². The highest BCUT2D eigenvalue weighted by Gasteiger charge is 2.15. The molecule has 184 valence electrons. The van der Waals surface area contributed by atoms with E-state index < -0.39 is 0 Å². The van der Waals surface area contributed by atoms with Crippen LogP contribution in [0.2, 0.25) is 0 Å². The number of H-pyrrole nitrogens is 1. The number of fused-ring (bicyclic) bond motifs is 1. The fourth-order valence-corrected chi connectivity index (χ4v) is 4.25. The summed E-state index contributed by atoms with van der Waals surface area (Å²) in [5.74, 6) is 1.72. The van der Waals surface area contributed by atoms with E-state index in [0.717, 1.165) is 44.9 Å². The zero-order valence-electron chi connectivity index (χ0n) is 20.3. The molecule has 0 atom stereocenters. The molecule has 0 unspecified atom stereocenters. The Hall–Kier alpha value is -5.43. The van der Waals surface area contributed by atoms with Gasteiger partial charge in [0.1, 0.15) is 11.5 Å².